The molecule has 0 saturated heterocycles. The molecule has 1 amide bonds. The van der Waals surface area contributed by atoms with Crippen molar-refractivity contribution in [1.82, 2.24) is 5.01 Å². The number of benzene rings is 1. The van der Waals surface area contributed by atoms with Crippen molar-refractivity contribution in [2.75, 3.05) is 19.5 Å². The van der Waals surface area contributed by atoms with E-state index in [0.29, 0.717) is 22.3 Å². The number of nitrogens with one attached hydrogen (secondary N) is 1. The maximum Gasteiger partial charge on any atom is 0.279 e. The zero-order chi connectivity index (χ0) is 16.9. The third-order valence-corrected chi connectivity index (χ3v) is 6.07. The molecule has 4 aliphatic rings. The highest BCUT2D eigenvalue weighted by molar-refractivity contribution is 6.33. The summed E-state index contributed by atoms with van der Waals surface area (Å²) in [5.74, 6) is 0.825. The van der Waals surface area contributed by atoms with Crippen LogP contribution < -0.4 is 10.1 Å². The van der Waals surface area contributed by atoms with E-state index in [-0.39, 0.29) is 17.5 Å². The lowest BCUT2D eigenvalue weighted by atomic mass is 9.63. The third-order valence-electron chi connectivity index (χ3n) is 5.76. The van der Waals surface area contributed by atoms with Crippen LogP contribution in [0.5, 0.6) is 5.75 Å². The first-order valence-corrected chi connectivity index (χ1v) is 8.76. The summed E-state index contributed by atoms with van der Waals surface area (Å²) in [5, 5.41) is 13.9. The fourth-order valence-electron chi connectivity index (χ4n) is 4.35. The number of hydrogen-bond acceptors (Lipinski definition) is 5. The molecule has 1 unspecified atom stereocenters. The summed E-state index contributed by atoms with van der Waals surface area (Å²) in [6.45, 7) is 0. The Morgan fingerprint density at radius 1 is 1.42 bits per heavy atom. The molecule has 1 aromatic rings. The monoisotopic (exact) mass is 348 g/mol. The largest absolute Gasteiger partial charge is 0.496 e. The number of ether oxygens (including phenoxy) is 1. The van der Waals surface area contributed by atoms with Crippen molar-refractivity contribution in [3.8, 4) is 5.75 Å². The Hall–Kier alpha value is -1.82. The number of fused-ring (bicyclic) bond motifs is 2. The van der Waals surface area contributed by atoms with E-state index in [0.717, 1.165) is 37.8 Å². The van der Waals surface area contributed by atoms with Gasteiger partial charge >= 0.3 is 0 Å². The van der Waals surface area contributed by atoms with Crippen LogP contribution in [0.2, 0.25) is 5.02 Å². The fraction of sp³-hybridized carbons (Fsp3) is 0.588. The standard InChI is InChI=1S/C17H21ClN4O2/c1-19-13-8-15(24-2)11(7-12(13)18)16(23)22-14-9-17(20-21-22)5-3-10(14)4-6-17/h7-8,10,14,19H,3-6,9H2,1-2H3. The zero-order valence-corrected chi connectivity index (χ0v) is 14.6. The van der Waals surface area contributed by atoms with E-state index < -0.39 is 0 Å². The van der Waals surface area contributed by atoms with Gasteiger partial charge in [-0.2, -0.15) is 5.11 Å². The molecule has 5 rings (SSSR count). The summed E-state index contributed by atoms with van der Waals surface area (Å²) in [6.07, 6.45) is 5.39. The molecule has 1 atom stereocenters. The van der Waals surface area contributed by atoms with Crippen LogP contribution in [0.25, 0.3) is 0 Å². The van der Waals surface area contributed by atoms with E-state index in [9.17, 15) is 4.79 Å². The molecule has 3 fully saturated rings. The van der Waals surface area contributed by atoms with Crippen LogP contribution in [0.1, 0.15) is 42.5 Å². The average Bonchev–Trinajstić information content (AvgIpc) is 2.61. The molecule has 1 spiro atoms. The number of anilines is 1. The predicted octanol–water partition coefficient (Wildman–Crippen LogP) is 3.91. The Kier molecular flexibility index (Phi) is 3.67. The van der Waals surface area contributed by atoms with Gasteiger partial charge in [-0.3, -0.25) is 4.79 Å². The van der Waals surface area contributed by atoms with E-state index in [2.05, 4.69) is 15.7 Å². The zero-order valence-electron chi connectivity index (χ0n) is 13.9. The summed E-state index contributed by atoms with van der Waals surface area (Å²) in [7, 11) is 3.33. The Bertz CT molecular complexity index is 713. The van der Waals surface area contributed by atoms with Gasteiger partial charge in [0.25, 0.3) is 5.91 Å². The van der Waals surface area contributed by atoms with Crippen molar-refractivity contribution in [2.45, 2.75) is 43.7 Å². The number of carbonyl (C=O) groups excluding carboxylic acids is 1. The van der Waals surface area contributed by atoms with Crippen molar-refractivity contribution in [3.63, 3.8) is 0 Å². The van der Waals surface area contributed by atoms with Crippen molar-refractivity contribution >= 4 is 23.2 Å². The maximum absolute atomic E-state index is 13.1. The second-order valence-electron chi connectivity index (χ2n) is 6.95. The average molecular weight is 349 g/mol. The Balaban J connectivity index is 1.71. The summed E-state index contributed by atoms with van der Waals surface area (Å²) >= 11 is 6.27. The molecule has 3 bridgehead atoms. The van der Waals surface area contributed by atoms with E-state index in [1.54, 1.807) is 31.3 Å². The highest BCUT2D eigenvalue weighted by Crippen LogP contribution is 2.51. The maximum atomic E-state index is 13.1. The molecule has 0 aromatic heterocycles. The van der Waals surface area contributed by atoms with Crippen molar-refractivity contribution < 1.29 is 9.53 Å². The molecule has 1 aromatic carbocycles. The SMILES string of the molecule is CNc1cc(OC)c(C(=O)N2N=NC34CCC(CC3)C2C4)cc1Cl. The molecule has 1 heterocycles. The van der Waals surface area contributed by atoms with E-state index in [1.807, 2.05) is 0 Å². The fourth-order valence-corrected chi connectivity index (χ4v) is 4.61. The molecule has 3 aliphatic carbocycles. The molecule has 0 radical (unpaired) electrons. The number of hydrogen-bond donors (Lipinski definition) is 1. The van der Waals surface area contributed by atoms with E-state index in [4.69, 9.17) is 16.3 Å². The lowest BCUT2D eigenvalue weighted by Crippen LogP contribution is -2.56. The molecule has 128 valence electrons. The number of nitrogens with zero attached hydrogens (tertiary/aromatic N) is 3. The van der Waals surface area contributed by atoms with Crippen LogP contribution in [-0.2, 0) is 0 Å². The van der Waals surface area contributed by atoms with Gasteiger partial charge in [-0.1, -0.05) is 16.8 Å². The number of carbonyl (C=O) groups is 1. The van der Waals surface area contributed by atoms with Crippen molar-refractivity contribution in [1.29, 1.82) is 0 Å². The summed E-state index contributed by atoms with van der Waals surface area (Å²) in [6, 6.07) is 3.53. The number of amides is 1. The second-order valence-corrected chi connectivity index (χ2v) is 7.36. The summed E-state index contributed by atoms with van der Waals surface area (Å²) < 4.78 is 5.40. The smallest absolute Gasteiger partial charge is 0.279 e. The number of methoxy groups -OCH3 is 1. The normalized spacial score (nSPS) is 30.4. The van der Waals surface area contributed by atoms with Gasteiger partial charge in [0.1, 0.15) is 5.75 Å². The van der Waals surface area contributed by atoms with Crippen LogP contribution in [0.4, 0.5) is 5.69 Å². The van der Waals surface area contributed by atoms with Crippen LogP contribution >= 0.6 is 11.6 Å². The van der Waals surface area contributed by atoms with Gasteiger partial charge in [0.05, 0.1) is 35.0 Å². The van der Waals surface area contributed by atoms with Crippen LogP contribution in [0, 0.1) is 5.92 Å². The minimum Gasteiger partial charge on any atom is -0.496 e. The quantitative estimate of drug-likeness (QED) is 0.900. The van der Waals surface area contributed by atoms with Crippen LogP contribution in [0.15, 0.2) is 22.5 Å². The van der Waals surface area contributed by atoms with Gasteiger partial charge < -0.3 is 10.1 Å². The lowest BCUT2D eigenvalue weighted by Gasteiger charge is -2.52. The molecule has 7 heteroatoms. The van der Waals surface area contributed by atoms with Crippen LogP contribution in [0.3, 0.4) is 0 Å². The summed E-state index contributed by atoms with van der Waals surface area (Å²) in [5.41, 5.74) is 1.13. The van der Waals surface area contributed by atoms with Gasteiger partial charge in [-0.15, -0.1) is 0 Å². The molecular weight excluding hydrogens is 328 g/mol. The second kappa shape index (κ2) is 5.62. The first-order chi connectivity index (χ1) is 11.6. The summed E-state index contributed by atoms with van der Waals surface area (Å²) in [4.78, 5) is 13.1. The minimum absolute atomic E-state index is 0.0199. The van der Waals surface area contributed by atoms with Crippen LogP contribution in [-0.4, -0.2) is 36.7 Å². The molecule has 1 N–H and O–H groups in total. The molecule has 24 heavy (non-hydrogen) atoms. The van der Waals surface area contributed by atoms with Gasteiger partial charge in [0.15, 0.2) is 0 Å². The Morgan fingerprint density at radius 3 is 2.83 bits per heavy atom. The highest BCUT2D eigenvalue weighted by Gasteiger charge is 2.52. The molecular formula is C17H21ClN4O2. The predicted molar refractivity (Wildman–Crippen MR) is 91.7 cm³/mol. The van der Waals surface area contributed by atoms with E-state index >= 15 is 0 Å². The Labute approximate surface area is 146 Å². The van der Waals surface area contributed by atoms with Crippen molar-refractivity contribution in [3.05, 3.63) is 22.7 Å². The third kappa shape index (κ3) is 2.27. The minimum atomic E-state index is -0.187. The van der Waals surface area contributed by atoms with Gasteiger partial charge in [-0.25, -0.2) is 5.01 Å². The number of halogens is 1. The number of rotatable bonds is 3. The molecule has 1 aliphatic heterocycles. The highest BCUT2D eigenvalue weighted by atomic mass is 35.5. The first-order valence-electron chi connectivity index (χ1n) is 8.38. The lowest BCUT2D eigenvalue weighted by molar-refractivity contribution is -0.0135. The molecule has 3 saturated carbocycles. The van der Waals surface area contributed by atoms with Crippen molar-refractivity contribution in [2.24, 2.45) is 16.3 Å². The first kappa shape index (κ1) is 15.7. The molecule has 6 nitrogen and oxygen atoms in total. The Morgan fingerprint density at radius 2 is 2.17 bits per heavy atom. The topological polar surface area (TPSA) is 66.3 Å². The van der Waals surface area contributed by atoms with E-state index in [1.165, 1.54) is 0 Å². The van der Waals surface area contributed by atoms with Gasteiger partial charge in [0.2, 0.25) is 0 Å². The van der Waals surface area contributed by atoms with Gasteiger partial charge in [-0.05, 0) is 44.1 Å². The van der Waals surface area contributed by atoms with Gasteiger partial charge in [0, 0.05) is 13.1 Å².